The maximum atomic E-state index is 3.46. The summed E-state index contributed by atoms with van der Waals surface area (Å²) in [6.07, 6.45) is 3.90. The summed E-state index contributed by atoms with van der Waals surface area (Å²) in [4.78, 5) is 2.67. The summed E-state index contributed by atoms with van der Waals surface area (Å²) in [5.41, 5.74) is 4.39. The van der Waals surface area contributed by atoms with Crippen LogP contribution < -0.4 is 5.32 Å². The molecule has 2 heteroatoms. The van der Waals surface area contributed by atoms with Crippen molar-refractivity contribution in [2.75, 3.05) is 26.2 Å². The zero-order valence-corrected chi connectivity index (χ0v) is 12.7. The minimum atomic E-state index is 0.613. The number of nitrogens with zero attached hydrogens (tertiary/aromatic N) is 1. The van der Waals surface area contributed by atoms with E-state index in [1.165, 1.54) is 43.5 Å². The van der Waals surface area contributed by atoms with Crippen LogP contribution in [0.5, 0.6) is 0 Å². The Labute approximate surface area is 118 Å². The first kappa shape index (κ1) is 14.5. The van der Waals surface area contributed by atoms with Gasteiger partial charge in [0.2, 0.25) is 0 Å². The largest absolute Gasteiger partial charge is 0.314 e. The fourth-order valence-electron chi connectivity index (χ4n) is 3.04. The third-order valence-electron chi connectivity index (χ3n) is 4.22. The Bertz CT molecular complexity index is 394. The van der Waals surface area contributed by atoms with Gasteiger partial charge in [0, 0.05) is 32.2 Å². The molecule has 1 aliphatic heterocycles. The molecular weight excluding hydrogens is 232 g/mol. The van der Waals surface area contributed by atoms with E-state index < -0.39 is 0 Å². The fraction of sp³-hybridized carbons (Fsp3) is 0.647. The van der Waals surface area contributed by atoms with E-state index in [1.54, 1.807) is 5.56 Å². The molecule has 0 aliphatic carbocycles. The molecule has 1 aliphatic rings. The Kier molecular flexibility index (Phi) is 5.41. The standard InChI is InChI=1S/C17H28N2/c1-4-5-6-17(19-11-9-18-10-12-19)16-13-14(2)7-8-15(16)3/h7-8,13,17-18H,4-6,9-12H2,1-3H3. The SMILES string of the molecule is CCCCC(c1cc(C)ccc1C)N1CCNCC1. The number of hydrogen-bond acceptors (Lipinski definition) is 2. The number of benzene rings is 1. The molecule has 0 aromatic heterocycles. The van der Waals surface area contributed by atoms with Crippen LogP contribution in [0.25, 0.3) is 0 Å². The van der Waals surface area contributed by atoms with Gasteiger partial charge in [-0.15, -0.1) is 0 Å². The lowest BCUT2D eigenvalue weighted by molar-refractivity contribution is 0.162. The second kappa shape index (κ2) is 7.06. The van der Waals surface area contributed by atoms with Crippen molar-refractivity contribution < 1.29 is 0 Å². The molecule has 1 saturated heterocycles. The van der Waals surface area contributed by atoms with Crippen molar-refractivity contribution in [3.63, 3.8) is 0 Å². The first-order valence-corrected chi connectivity index (χ1v) is 7.74. The Morgan fingerprint density at radius 1 is 1.21 bits per heavy atom. The number of piperazine rings is 1. The van der Waals surface area contributed by atoms with Crippen molar-refractivity contribution >= 4 is 0 Å². The highest BCUT2D eigenvalue weighted by molar-refractivity contribution is 5.33. The quantitative estimate of drug-likeness (QED) is 0.872. The maximum Gasteiger partial charge on any atom is 0.0351 e. The molecule has 1 heterocycles. The summed E-state index contributed by atoms with van der Waals surface area (Å²) in [6.45, 7) is 11.4. The van der Waals surface area contributed by atoms with E-state index in [1.807, 2.05) is 0 Å². The van der Waals surface area contributed by atoms with E-state index >= 15 is 0 Å². The second-order valence-electron chi connectivity index (χ2n) is 5.80. The maximum absolute atomic E-state index is 3.46. The van der Waals surface area contributed by atoms with Crippen LogP contribution in [0.3, 0.4) is 0 Å². The summed E-state index contributed by atoms with van der Waals surface area (Å²) >= 11 is 0. The third-order valence-corrected chi connectivity index (χ3v) is 4.22. The summed E-state index contributed by atoms with van der Waals surface area (Å²) in [6, 6.07) is 7.53. The van der Waals surface area contributed by atoms with E-state index in [2.05, 4.69) is 49.2 Å². The summed E-state index contributed by atoms with van der Waals surface area (Å²) in [5.74, 6) is 0. The average Bonchev–Trinajstić information content (AvgIpc) is 2.44. The highest BCUT2D eigenvalue weighted by Gasteiger charge is 2.22. The predicted octanol–water partition coefficient (Wildman–Crippen LogP) is 3.44. The lowest BCUT2D eigenvalue weighted by Crippen LogP contribution is -2.45. The average molecular weight is 260 g/mol. The number of hydrogen-bond donors (Lipinski definition) is 1. The zero-order valence-electron chi connectivity index (χ0n) is 12.7. The predicted molar refractivity (Wildman–Crippen MR) is 82.6 cm³/mol. The van der Waals surface area contributed by atoms with Crippen molar-refractivity contribution in [2.24, 2.45) is 0 Å². The molecule has 0 radical (unpaired) electrons. The Morgan fingerprint density at radius 3 is 2.63 bits per heavy atom. The fourth-order valence-corrected chi connectivity index (χ4v) is 3.04. The smallest absolute Gasteiger partial charge is 0.0351 e. The van der Waals surface area contributed by atoms with Crippen LogP contribution in [0.15, 0.2) is 18.2 Å². The lowest BCUT2D eigenvalue weighted by Gasteiger charge is -2.36. The van der Waals surface area contributed by atoms with Crippen LogP contribution in [0.2, 0.25) is 0 Å². The van der Waals surface area contributed by atoms with Gasteiger partial charge in [-0.25, -0.2) is 0 Å². The van der Waals surface area contributed by atoms with Gasteiger partial charge in [-0.3, -0.25) is 4.90 Å². The van der Waals surface area contributed by atoms with E-state index in [0.717, 1.165) is 13.1 Å². The van der Waals surface area contributed by atoms with Gasteiger partial charge in [0.25, 0.3) is 0 Å². The van der Waals surface area contributed by atoms with Gasteiger partial charge in [0.1, 0.15) is 0 Å². The van der Waals surface area contributed by atoms with E-state index in [9.17, 15) is 0 Å². The van der Waals surface area contributed by atoms with Gasteiger partial charge >= 0.3 is 0 Å². The van der Waals surface area contributed by atoms with Crippen LogP contribution in [0.4, 0.5) is 0 Å². The topological polar surface area (TPSA) is 15.3 Å². The molecule has 0 spiro atoms. The monoisotopic (exact) mass is 260 g/mol. The minimum absolute atomic E-state index is 0.613. The van der Waals surface area contributed by atoms with Gasteiger partial charge in [-0.1, -0.05) is 43.5 Å². The molecule has 0 amide bonds. The summed E-state index contributed by atoms with van der Waals surface area (Å²) in [7, 11) is 0. The molecule has 0 saturated carbocycles. The van der Waals surface area contributed by atoms with Gasteiger partial charge in [0.05, 0.1) is 0 Å². The normalized spacial score (nSPS) is 18.5. The van der Waals surface area contributed by atoms with Crippen LogP contribution in [-0.2, 0) is 0 Å². The van der Waals surface area contributed by atoms with Crippen LogP contribution in [-0.4, -0.2) is 31.1 Å². The molecule has 1 N–H and O–H groups in total. The molecular formula is C17H28N2. The molecule has 1 aromatic carbocycles. The number of unbranched alkanes of at least 4 members (excludes halogenated alkanes) is 1. The van der Waals surface area contributed by atoms with Crippen molar-refractivity contribution in [1.82, 2.24) is 10.2 Å². The van der Waals surface area contributed by atoms with Crippen molar-refractivity contribution in [2.45, 2.75) is 46.1 Å². The molecule has 2 rings (SSSR count). The minimum Gasteiger partial charge on any atom is -0.314 e. The van der Waals surface area contributed by atoms with Gasteiger partial charge in [-0.2, -0.15) is 0 Å². The van der Waals surface area contributed by atoms with Gasteiger partial charge < -0.3 is 5.32 Å². The molecule has 0 bridgehead atoms. The molecule has 1 unspecified atom stereocenters. The highest BCUT2D eigenvalue weighted by atomic mass is 15.2. The lowest BCUT2D eigenvalue weighted by atomic mass is 9.93. The van der Waals surface area contributed by atoms with Gasteiger partial charge in [0.15, 0.2) is 0 Å². The van der Waals surface area contributed by atoms with E-state index in [-0.39, 0.29) is 0 Å². The first-order valence-electron chi connectivity index (χ1n) is 7.74. The van der Waals surface area contributed by atoms with Crippen LogP contribution >= 0.6 is 0 Å². The van der Waals surface area contributed by atoms with Crippen LogP contribution in [0.1, 0.15) is 48.9 Å². The third kappa shape index (κ3) is 3.80. The van der Waals surface area contributed by atoms with Crippen molar-refractivity contribution in [3.8, 4) is 0 Å². The molecule has 106 valence electrons. The second-order valence-corrected chi connectivity index (χ2v) is 5.80. The number of aryl methyl sites for hydroxylation is 2. The molecule has 1 aromatic rings. The van der Waals surface area contributed by atoms with Crippen molar-refractivity contribution in [1.29, 1.82) is 0 Å². The van der Waals surface area contributed by atoms with Gasteiger partial charge in [-0.05, 0) is 31.4 Å². The van der Waals surface area contributed by atoms with Crippen LogP contribution in [0, 0.1) is 13.8 Å². The summed E-state index contributed by atoms with van der Waals surface area (Å²) < 4.78 is 0. The zero-order chi connectivity index (χ0) is 13.7. The molecule has 1 fully saturated rings. The summed E-state index contributed by atoms with van der Waals surface area (Å²) in [5, 5.41) is 3.46. The molecule has 1 atom stereocenters. The Morgan fingerprint density at radius 2 is 1.95 bits per heavy atom. The Hall–Kier alpha value is -0.860. The van der Waals surface area contributed by atoms with E-state index in [4.69, 9.17) is 0 Å². The Balaban J connectivity index is 2.22. The number of nitrogens with one attached hydrogen (secondary N) is 1. The number of rotatable bonds is 5. The molecule has 2 nitrogen and oxygen atoms in total. The highest BCUT2D eigenvalue weighted by Crippen LogP contribution is 2.29. The molecule has 19 heavy (non-hydrogen) atoms. The first-order chi connectivity index (χ1) is 9.22. The van der Waals surface area contributed by atoms with Crippen molar-refractivity contribution in [3.05, 3.63) is 34.9 Å². The van der Waals surface area contributed by atoms with E-state index in [0.29, 0.717) is 6.04 Å².